The normalized spacial score (nSPS) is 16.8. The Kier molecular flexibility index (Phi) is 6.09. The molecule has 0 bridgehead atoms. The monoisotopic (exact) mass is 468 g/mol. The van der Waals surface area contributed by atoms with E-state index in [9.17, 15) is 26.7 Å². The van der Waals surface area contributed by atoms with Crippen molar-refractivity contribution < 1.29 is 26.7 Å². The van der Waals surface area contributed by atoms with Gasteiger partial charge in [0.05, 0.1) is 29.1 Å². The van der Waals surface area contributed by atoms with Gasteiger partial charge in [0, 0.05) is 24.7 Å². The number of benzene rings is 1. The van der Waals surface area contributed by atoms with Crippen LogP contribution in [0.15, 0.2) is 42.0 Å². The van der Waals surface area contributed by atoms with Crippen molar-refractivity contribution in [2.75, 3.05) is 23.3 Å². The number of amides is 1. The maximum atomic E-state index is 14.0. The fraction of sp³-hybridized carbons (Fsp3) is 0.286. The second kappa shape index (κ2) is 8.81. The van der Waals surface area contributed by atoms with E-state index in [1.807, 2.05) is 0 Å². The Morgan fingerprint density at radius 1 is 1.19 bits per heavy atom. The van der Waals surface area contributed by atoms with Gasteiger partial charge in [0.25, 0.3) is 5.91 Å². The molecule has 0 aliphatic carbocycles. The van der Waals surface area contributed by atoms with Gasteiger partial charge in [-0.05, 0) is 31.0 Å². The summed E-state index contributed by atoms with van der Waals surface area (Å²) >= 11 is 0.902. The molecule has 1 fully saturated rings. The number of alkyl halides is 3. The summed E-state index contributed by atoms with van der Waals surface area (Å²) in [7, 11) is 0. The van der Waals surface area contributed by atoms with Crippen molar-refractivity contribution >= 4 is 28.6 Å². The molecule has 1 amide bonds. The van der Waals surface area contributed by atoms with Gasteiger partial charge in [-0.3, -0.25) is 9.78 Å². The predicted octanol–water partition coefficient (Wildman–Crippen LogP) is 5.51. The zero-order valence-corrected chi connectivity index (χ0v) is 17.3. The van der Waals surface area contributed by atoms with E-state index in [2.05, 4.69) is 15.3 Å². The fourth-order valence-corrected chi connectivity index (χ4v) is 4.45. The van der Waals surface area contributed by atoms with E-state index in [1.165, 1.54) is 29.9 Å². The number of thiazole rings is 1. The molecule has 5 nitrogen and oxygen atoms in total. The second-order valence-electron chi connectivity index (χ2n) is 7.31. The summed E-state index contributed by atoms with van der Waals surface area (Å²) in [6.07, 6.45) is -1.10. The third-order valence-corrected chi connectivity index (χ3v) is 6.04. The largest absolute Gasteiger partial charge is 0.393 e. The van der Waals surface area contributed by atoms with Crippen molar-refractivity contribution in [1.82, 2.24) is 9.97 Å². The summed E-state index contributed by atoms with van der Waals surface area (Å²) in [6, 6.07) is 4.95. The summed E-state index contributed by atoms with van der Waals surface area (Å²) < 4.78 is 67.6. The number of piperidine rings is 1. The zero-order chi connectivity index (χ0) is 22.9. The van der Waals surface area contributed by atoms with E-state index in [-0.39, 0.29) is 34.9 Å². The molecule has 3 aromatic rings. The Morgan fingerprint density at radius 3 is 2.66 bits per heavy atom. The van der Waals surface area contributed by atoms with Crippen LogP contribution in [0.5, 0.6) is 0 Å². The van der Waals surface area contributed by atoms with E-state index < -0.39 is 29.6 Å². The van der Waals surface area contributed by atoms with Crippen LogP contribution in [0.2, 0.25) is 0 Å². The molecule has 0 radical (unpaired) electrons. The third kappa shape index (κ3) is 4.57. The molecule has 0 spiro atoms. The Hall–Kier alpha value is -3.08. The Balaban J connectivity index is 1.55. The van der Waals surface area contributed by atoms with Crippen molar-refractivity contribution in [2.45, 2.75) is 19.0 Å². The first-order valence-electron chi connectivity index (χ1n) is 9.71. The van der Waals surface area contributed by atoms with Crippen molar-refractivity contribution in [3.63, 3.8) is 0 Å². The fourth-order valence-electron chi connectivity index (χ4n) is 3.60. The van der Waals surface area contributed by atoms with Crippen molar-refractivity contribution in [3.05, 3.63) is 59.4 Å². The Labute approximate surface area is 183 Å². The van der Waals surface area contributed by atoms with Gasteiger partial charge in [-0.1, -0.05) is 6.07 Å². The number of halogens is 5. The molecule has 4 rings (SSSR count). The highest BCUT2D eigenvalue weighted by Gasteiger charge is 2.42. The van der Waals surface area contributed by atoms with E-state index in [0.29, 0.717) is 18.7 Å². The molecule has 168 valence electrons. The minimum atomic E-state index is -4.30. The average Bonchev–Trinajstić information content (AvgIpc) is 3.23. The van der Waals surface area contributed by atoms with Crippen LogP contribution in [0.4, 0.5) is 33.3 Å². The number of carbonyl (C=O) groups excluding carboxylic acids is 1. The molecule has 1 aliphatic heterocycles. The summed E-state index contributed by atoms with van der Waals surface area (Å²) in [5.41, 5.74) is 0.240. The first-order chi connectivity index (χ1) is 15.2. The number of rotatable bonds is 4. The number of hydrogen-bond acceptors (Lipinski definition) is 5. The molecule has 11 heteroatoms. The molecule has 1 aliphatic rings. The van der Waals surface area contributed by atoms with Gasteiger partial charge in [0.1, 0.15) is 22.3 Å². The van der Waals surface area contributed by atoms with Crippen molar-refractivity contribution in [2.24, 2.45) is 5.92 Å². The highest BCUT2D eigenvalue weighted by molar-refractivity contribution is 7.13. The van der Waals surface area contributed by atoms with Gasteiger partial charge in [0.2, 0.25) is 0 Å². The lowest BCUT2D eigenvalue weighted by molar-refractivity contribution is -0.175. The SMILES string of the molecule is O=C(Nc1cnccc1N1CCC[C@@H](C(F)(F)F)C1)c1csc(-c2c(F)cccc2F)n1. The first kappa shape index (κ1) is 22.1. The van der Waals surface area contributed by atoms with Crippen LogP contribution in [0.25, 0.3) is 10.6 Å². The van der Waals surface area contributed by atoms with E-state index in [4.69, 9.17) is 0 Å². The number of hydrogen-bond donors (Lipinski definition) is 1. The van der Waals surface area contributed by atoms with Crippen LogP contribution in [0, 0.1) is 17.6 Å². The predicted molar refractivity (Wildman–Crippen MR) is 111 cm³/mol. The summed E-state index contributed by atoms with van der Waals surface area (Å²) in [4.78, 5) is 22.3. The maximum absolute atomic E-state index is 14.0. The molecule has 32 heavy (non-hydrogen) atoms. The van der Waals surface area contributed by atoms with Crippen molar-refractivity contribution in [1.29, 1.82) is 0 Å². The molecular formula is C21H17F5N4OS. The molecule has 2 aromatic heterocycles. The number of nitrogens with one attached hydrogen (secondary N) is 1. The standard InChI is InChI=1S/C21H17F5N4OS/c22-13-4-1-5-14(23)18(13)20-29-16(11-32-20)19(31)28-15-9-27-7-6-17(15)30-8-2-3-12(10-30)21(24,25)26/h1,4-7,9,11-12H,2-3,8,10H2,(H,28,31)/t12-/m1/s1. The molecule has 1 atom stereocenters. The summed E-state index contributed by atoms with van der Waals surface area (Å²) in [6.45, 7) is 0.191. The smallest absolute Gasteiger partial charge is 0.369 e. The quantitative estimate of drug-likeness (QED) is 0.513. The number of carbonyl (C=O) groups is 1. The van der Waals surface area contributed by atoms with Crippen LogP contribution < -0.4 is 10.2 Å². The molecular weight excluding hydrogens is 451 g/mol. The third-order valence-electron chi connectivity index (χ3n) is 5.18. The number of anilines is 2. The average molecular weight is 468 g/mol. The van der Waals surface area contributed by atoms with Crippen LogP contribution >= 0.6 is 11.3 Å². The lowest BCUT2D eigenvalue weighted by Crippen LogP contribution is -2.42. The van der Waals surface area contributed by atoms with Crippen LogP contribution in [0.1, 0.15) is 23.3 Å². The van der Waals surface area contributed by atoms with E-state index in [0.717, 1.165) is 23.5 Å². The molecule has 0 saturated carbocycles. The lowest BCUT2D eigenvalue weighted by Gasteiger charge is -2.36. The van der Waals surface area contributed by atoms with Gasteiger partial charge in [0.15, 0.2) is 0 Å². The molecule has 1 N–H and O–H groups in total. The molecule has 1 saturated heterocycles. The summed E-state index contributed by atoms with van der Waals surface area (Å²) in [5, 5.41) is 3.96. The van der Waals surface area contributed by atoms with Crippen molar-refractivity contribution in [3.8, 4) is 10.6 Å². The zero-order valence-electron chi connectivity index (χ0n) is 16.5. The van der Waals surface area contributed by atoms with Gasteiger partial charge < -0.3 is 10.2 Å². The Bertz CT molecular complexity index is 1110. The van der Waals surface area contributed by atoms with Crippen LogP contribution in [-0.2, 0) is 0 Å². The highest BCUT2D eigenvalue weighted by Crippen LogP contribution is 2.37. The summed E-state index contributed by atoms with van der Waals surface area (Å²) in [5.74, 6) is -3.72. The second-order valence-corrected chi connectivity index (χ2v) is 8.17. The van der Waals surface area contributed by atoms with Gasteiger partial charge >= 0.3 is 6.18 Å². The molecule has 3 heterocycles. The first-order valence-corrected chi connectivity index (χ1v) is 10.6. The van der Waals surface area contributed by atoms with E-state index >= 15 is 0 Å². The van der Waals surface area contributed by atoms with Gasteiger partial charge in [-0.25, -0.2) is 13.8 Å². The highest BCUT2D eigenvalue weighted by atomic mass is 32.1. The minimum Gasteiger partial charge on any atom is -0.369 e. The van der Waals surface area contributed by atoms with E-state index in [1.54, 1.807) is 4.90 Å². The molecule has 0 unspecified atom stereocenters. The lowest BCUT2D eigenvalue weighted by atomic mass is 9.97. The number of pyridine rings is 1. The van der Waals surface area contributed by atoms with Crippen LogP contribution in [0.3, 0.4) is 0 Å². The van der Waals surface area contributed by atoms with Gasteiger partial charge in [-0.15, -0.1) is 11.3 Å². The topological polar surface area (TPSA) is 58.1 Å². The Morgan fingerprint density at radius 2 is 1.94 bits per heavy atom. The number of aromatic nitrogens is 2. The van der Waals surface area contributed by atoms with Crippen LogP contribution in [-0.4, -0.2) is 35.1 Å². The maximum Gasteiger partial charge on any atom is 0.393 e. The minimum absolute atomic E-state index is 0.00112. The molecule has 1 aromatic carbocycles. The van der Waals surface area contributed by atoms with Gasteiger partial charge in [-0.2, -0.15) is 13.2 Å². The number of nitrogens with zero attached hydrogens (tertiary/aromatic N) is 3.